The Hall–Kier alpha value is 0.553. The molecule has 1 aromatic rings. The van der Waals surface area contributed by atoms with Gasteiger partial charge in [-0.15, -0.1) is 0 Å². The number of hydrogen-bond acceptors (Lipinski definition) is 14. The number of carboxylic acid groups (broad SMARTS) is 2. The molecule has 2 heterocycles. The first-order valence-corrected chi connectivity index (χ1v) is 9.50. The monoisotopic (exact) mass is 726 g/mol. The van der Waals surface area contributed by atoms with Gasteiger partial charge in [0.2, 0.25) is 0 Å². The van der Waals surface area contributed by atoms with E-state index < -0.39 is 80.8 Å². The minimum absolute atomic E-state index is 0. The van der Waals surface area contributed by atoms with Crippen molar-refractivity contribution < 1.29 is 58.4 Å². The third kappa shape index (κ3) is 8.65. The molecular weight excluding hydrogens is 710 g/mol. The summed E-state index contributed by atoms with van der Waals surface area (Å²) in [5.74, 6) is -5.35. The predicted octanol–water partition coefficient (Wildman–Crippen LogP) is -7.84. The Bertz CT molecular complexity index is 879. The number of hydrogen-bond donors (Lipinski definition) is 4. The van der Waals surface area contributed by atoms with Crippen LogP contribution in [0.15, 0.2) is 6.33 Å². The van der Waals surface area contributed by atoms with Gasteiger partial charge in [-0.2, -0.15) is 0 Å². The van der Waals surface area contributed by atoms with Crippen LogP contribution in [0.5, 0.6) is 0 Å². The third-order valence-corrected chi connectivity index (χ3v) is 4.48. The van der Waals surface area contributed by atoms with Crippen molar-refractivity contribution in [2.75, 3.05) is 12.3 Å². The van der Waals surface area contributed by atoms with Gasteiger partial charge in [-0.25, -0.2) is 4.98 Å². The summed E-state index contributed by atoms with van der Waals surface area (Å²) in [4.78, 5) is 58.4. The van der Waals surface area contributed by atoms with E-state index in [0.717, 1.165) is 10.9 Å². The van der Waals surface area contributed by atoms with E-state index in [1.54, 1.807) is 0 Å². The van der Waals surface area contributed by atoms with Crippen LogP contribution in [0.3, 0.4) is 0 Å². The van der Waals surface area contributed by atoms with Crippen LogP contribution < -0.4 is 31.1 Å². The van der Waals surface area contributed by atoms with Crippen LogP contribution in [0.4, 0.5) is 5.82 Å². The number of amides is 1. The van der Waals surface area contributed by atoms with Crippen molar-refractivity contribution in [2.45, 2.75) is 37.0 Å². The third-order valence-electron chi connectivity index (χ3n) is 4.02. The maximum Gasteiger partial charge on any atom is 2.00 e. The van der Waals surface area contributed by atoms with E-state index in [2.05, 4.69) is 9.51 Å². The Labute approximate surface area is 260 Å². The van der Waals surface area contributed by atoms with Crippen molar-refractivity contribution in [3.8, 4) is 0 Å². The van der Waals surface area contributed by atoms with Crippen molar-refractivity contribution in [1.29, 1.82) is 0 Å². The van der Waals surface area contributed by atoms with Gasteiger partial charge in [0.1, 0.15) is 24.1 Å². The van der Waals surface area contributed by atoms with Crippen molar-refractivity contribution in [2.24, 2.45) is 0 Å². The summed E-state index contributed by atoms with van der Waals surface area (Å²) in [6.45, 7) is -0.905. The van der Waals surface area contributed by atoms with Crippen LogP contribution in [-0.2, 0) is 23.4 Å². The first kappa shape index (κ1) is 32.6. The molecule has 0 saturated carbocycles. The first-order chi connectivity index (χ1) is 13.8. The number of imidazole rings is 1. The summed E-state index contributed by atoms with van der Waals surface area (Å²) in [5, 5.41) is 43.3. The minimum atomic E-state index is -5.38. The van der Waals surface area contributed by atoms with Crippen molar-refractivity contribution in [3.05, 3.63) is 12.0 Å². The average molecular weight is 725 g/mol. The number of aliphatic hydroxyl groups is 2. The smallest absolute Gasteiger partial charge is 0.790 e. The van der Waals surface area contributed by atoms with E-state index in [1.165, 1.54) is 0 Å². The van der Waals surface area contributed by atoms with E-state index in [-0.39, 0.29) is 97.8 Å². The van der Waals surface area contributed by atoms with Crippen LogP contribution in [0.25, 0.3) is 0 Å². The number of carbonyl (C=O) groups is 3. The molecule has 1 amide bonds. The summed E-state index contributed by atoms with van der Waals surface area (Å²) in [6.07, 6.45) is -6.56. The number of rotatable bonds is 9. The molecule has 1 fully saturated rings. The Morgan fingerprint density at radius 3 is 2.38 bits per heavy atom. The molecule has 168 valence electrons. The van der Waals surface area contributed by atoms with Gasteiger partial charge in [-0.1, -0.05) is 0 Å². The number of aromatic nitrogens is 2. The van der Waals surface area contributed by atoms with Crippen molar-refractivity contribution >= 4 is 129 Å². The summed E-state index contributed by atoms with van der Waals surface area (Å²) in [7, 11) is -5.38. The number of aliphatic hydroxyl groups excluding tert-OH is 2. The molecule has 1 aliphatic rings. The Kier molecular flexibility index (Phi) is 13.8. The van der Waals surface area contributed by atoms with Gasteiger partial charge < -0.3 is 64.7 Å². The van der Waals surface area contributed by atoms with E-state index >= 15 is 0 Å². The summed E-state index contributed by atoms with van der Waals surface area (Å²) < 4.78 is 20.6. The largest absolute Gasteiger partial charge is 2.00 e. The zero-order valence-corrected chi connectivity index (χ0v) is 26.0. The molecule has 0 unspecified atom stereocenters. The van der Waals surface area contributed by atoms with Crippen LogP contribution in [0.2, 0.25) is 0 Å². The molecule has 0 aromatic carbocycles. The van der Waals surface area contributed by atoms with Gasteiger partial charge in [-0.3, -0.25) is 9.36 Å². The molecule has 0 aliphatic carbocycles. The summed E-state index contributed by atoms with van der Waals surface area (Å²) in [6, 6.07) is -1.95. The fourth-order valence-corrected chi connectivity index (χ4v) is 2.93. The average Bonchev–Trinajstić information content (AvgIpc) is 3.12. The zero-order valence-electron chi connectivity index (χ0n) is 16.2. The number of nitrogens with two attached hydrogens (primary N) is 1. The number of carboxylic acids is 2. The maximum absolute atomic E-state index is 12.2. The quantitative estimate of drug-likeness (QED) is 0.136. The number of carbonyl (C=O) groups excluding carboxylic acids is 3. The second-order valence-electron chi connectivity index (χ2n) is 6.10. The fraction of sp³-hybridized carbons (Fsp3) is 0.538. The standard InChI is InChI=1S/C13H19N4O12P.2Ba/c14-10-7(11(22)16-4(13(23)24)1-6(18)19)15-3-17(10)12-9(21)8(20)5(29-12)2-28-30(25,26)27;;/h3-5,8-9,12,20-21H,1-2,14H2,(H,16,22)(H,18,19)(H,23,24)(H2,25,26,27);;/q;2*+2/p-4/t4-,5+,8+,9+,12+;;/m0../s1. The van der Waals surface area contributed by atoms with E-state index in [1.807, 2.05) is 5.32 Å². The number of ether oxygens (including phenoxy) is 1. The molecule has 16 nitrogen and oxygen atoms in total. The number of nitrogen functional groups attached to an aromatic ring is 1. The molecule has 1 saturated heterocycles. The van der Waals surface area contributed by atoms with E-state index in [4.69, 9.17) is 10.5 Å². The Morgan fingerprint density at radius 2 is 1.88 bits per heavy atom. The first-order valence-electron chi connectivity index (χ1n) is 8.04. The second kappa shape index (κ2) is 13.6. The molecule has 5 atom stereocenters. The van der Waals surface area contributed by atoms with Gasteiger partial charge in [0, 0.05) is 12.4 Å². The van der Waals surface area contributed by atoms with Gasteiger partial charge >= 0.3 is 97.8 Å². The maximum atomic E-state index is 12.2. The van der Waals surface area contributed by atoms with Crippen LogP contribution in [0.1, 0.15) is 23.1 Å². The predicted molar refractivity (Wildman–Crippen MR) is 93.5 cm³/mol. The van der Waals surface area contributed by atoms with Gasteiger partial charge in [0.05, 0.1) is 32.8 Å². The fourth-order valence-electron chi connectivity index (χ4n) is 2.60. The second-order valence-corrected chi connectivity index (χ2v) is 7.25. The zero-order chi connectivity index (χ0) is 22.8. The number of phosphoric acid groups is 1. The Balaban J connectivity index is 0.00000480. The summed E-state index contributed by atoms with van der Waals surface area (Å²) in [5.41, 5.74) is 5.16. The molecule has 32 heavy (non-hydrogen) atoms. The number of aliphatic carboxylic acids is 2. The molecular formula is C13H15Ba2N4O12P. The van der Waals surface area contributed by atoms with Crippen LogP contribution >= 0.6 is 7.82 Å². The van der Waals surface area contributed by atoms with Crippen LogP contribution in [0, 0.1) is 0 Å². The van der Waals surface area contributed by atoms with Crippen molar-refractivity contribution in [1.82, 2.24) is 14.9 Å². The number of anilines is 1. The van der Waals surface area contributed by atoms with E-state index in [0.29, 0.717) is 0 Å². The number of nitrogens with zero attached hydrogens (tertiary/aromatic N) is 2. The molecule has 2 rings (SSSR count). The van der Waals surface area contributed by atoms with Gasteiger partial charge in [0.25, 0.3) is 5.91 Å². The number of nitrogens with one attached hydrogen (secondary N) is 1. The SMILES string of the molecule is Nc1c(C(=O)N[C@@H](CC(=O)[O-])C(=O)[O-])ncn1[C@@H]1O[C@H](COP(=O)([O-])[O-])[C@@H](O)[C@H]1O.[Ba+2].[Ba+2]. The molecule has 1 aromatic heterocycles. The topological polar surface area (TPSA) is 275 Å². The van der Waals surface area contributed by atoms with Gasteiger partial charge in [0.15, 0.2) is 11.9 Å². The normalized spacial score (nSPS) is 23.5. The minimum Gasteiger partial charge on any atom is -0.790 e. The molecule has 1 aliphatic heterocycles. The number of phosphoric ester groups is 1. The Morgan fingerprint density at radius 1 is 1.28 bits per heavy atom. The molecule has 0 spiro atoms. The van der Waals surface area contributed by atoms with E-state index in [9.17, 15) is 49.2 Å². The summed E-state index contributed by atoms with van der Waals surface area (Å²) >= 11 is 0. The molecule has 5 N–H and O–H groups in total. The molecule has 0 radical (unpaired) electrons. The van der Waals surface area contributed by atoms with Gasteiger partial charge in [-0.05, 0) is 0 Å². The molecule has 0 bridgehead atoms. The van der Waals surface area contributed by atoms with Crippen LogP contribution in [-0.4, -0.2) is 166 Å². The molecule has 19 heteroatoms. The van der Waals surface area contributed by atoms with Crippen molar-refractivity contribution in [3.63, 3.8) is 0 Å².